The van der Waals surface area contributed by atoms with E-state index in [1.54, 1.807) is 0 Å². The van der Waals surface area contributed by atoms with Gasteiger partial charge in [0.25, 0.3) is 40.5 Å². The molecule has 0 aromatic rings. The average molecular weight is 402 g/mol. The highest BCUT2D eigenvalue weighted by atomic mass is 32.3. The molecular weight excluding hydrogens is 392 g/mol. The van der Waals surface area contributed by atoms with Crippen LogP contribution in [0.3, 0.4) is 0 Å². The minimum absolute atomic E-state index is 0.506. The van der Waals surface area contributed by atoms with Crippen LogP contribution in [0, 0.1) is 0 Å². The van der Waals surface area contributed by atoms with Crippen molar-refractivity contribution in [1.82, 2.24) is 0 Å². The molecule has 22 heavy (non-hydrogen) atoms. The van der Waals surface area contributed by atoms with Crippen LogP contribution in [0.1, 0.15) is 12.8 Å². The third-order valence-electron chi connectivity index (χ3n) is 2.23. The SMILES string of the molecule is O=S1(=O)CS(=O)(=O)OC(CCC2OS(=O)(=O)CS(=O)(=O)O2)O1. The molecule has 0 aromatic heterocycles. The van der Waals surface area contributed by atoms with E-state index in [1.165, 1.54) is 0 Å². The van der Waals surface area contributed by atoms with Gasteiger partial charge in [-0.1, -0.05) is 0 Å². The summed E-state index contributed by atoms with van der Waals surface area (Å²) in [5.74, 6) is 0. The van der Waals surface area contributed by atoms with E-state index in [9.17, 15) is 33.7 Å². The highest BCUT2D eigenvalue weighted by molar-refractivity contribution is 8.04. The molecule has 0 aromatic carbocycles. The van der Waals surface area contributed by atoms with Gasteiger partial charge in [0.15, 0.2) is 12.6 Å². The lowest BCUT2D eigenvalue weighted by atomic mass is 10.3. The molecule has 16 heteroatoms. The molecule has 0 atom stereocenters. The van der Waals surface area contributed by atoms with Gasteiger partial charge in [0.05, 0.1) is 0 Å². The Hall–Kier alpha value is -0.360. The van der Waals surface area contributed by atoms with Gasteiger partial charge in [0.1, 0.15) is 0 Å². The maximum atomic E-state index is 11.2. The van der Waals surface area contributed by atoms with Gasteiger partial charge in [0, 0.05) is 12.8 Å². The summed E-state index contributed by atoms with van der Waals surface area (Å²) in [6.07, 6.45) is -4.53. The first kappa shape index (κ1) is 18.0. The zero-order chi connectivity index (χ0) is 16.8. The molecule has 0 amide bonds. The fourth-order valence-electron chi connectivity index (χ4n) is 1.62. The van der Waals surface area contributed by atoms with E-state index in [0.717, 1.165) is 0 Å². The summed E-state index contributed by atoms with van der Waals surface area (Å²) in [5, 5.41) is -2.70. The molecule has 2 aliphatic heterocycles. The Morgan fingerprint density at radius 2 is 0.773 bits per heavy atom. The van der Waals surface area contributed by atoms with Gasteiger partial charge in [0.2, 0.25) is 10.2 Å². The second-order valence-electron chi connectivity index (χ2n) is 4.29. The van der Waals surface area contributed by atoms with Crippen molar-refractivity contribution >= 4 is 40.5 Å². The molecule has 0 spiro atoms. The van der Waals surface area contributed by atoms with Gasteiger partial charge >= 0.3 is 0 Å². The zero-order valence-corrected chi connectivity index (χ0v) is 13.8. The Morgan fingerprint density at radius 1 is 0.545 bits per heavy atom. The highest BCUT2D eigenvalue weighted by Gasteiger charge is 2.40. The molecule has 0 aliphatic carbocycles. The second-order valence-corrected chi connectivity index (χ2v) is 11.4. The van der Waals surface area contributed by atoms with Crippen LogP contribution in [0.5, 0.6) is 0 Å². The summed E-state index contributed by atoms with van der Waals surface area (Å²) in [6, 6.07) is 0. The molecule has 2 fully saturated rings. The van der Waals surface area contributed by atoms with Crippen LogP contribution in [0.4, 0.5) is 0 Å². The van der Waals surface area contributed by atoms with Crippen molar-refractivity contribution in [1.29, 1.82) is 0 Å². The first-order valence-corrected chi connectivity index (χ1v) is 11.7. The van der Waals surface area contributed by atoms with E-state index in [2.05, 4.69) is 16.7 Å². The lowest BCUT2D eigenvalue weighted by Crippen LogP contribution is -2.39. The Labute approximate surface area is 126 Å². The molecule has 12 nitrogen and oxygen atoms in total. The van der Waals surface area contributed by atoms with Crippen LogP contribution in [-0.2, 0) is 57.2 Å². The number of hydrogen-bond donors (Lipinski definition) is 0. The molecule has 2 aliphatic rings. The van der Waals surface area contributed by atoms with Crippen molar-refractivity contribution < 1.29 is 50.4 Å². The van der Waals surface area contributed by atoms with Gasteiger partial charge in [-0.05, 0) is 0 Å². The van der Waals surface area contributed by atoms with E-state index in [4.69, 9.17) is 0 Å². The first-order valence-electron chi connectivity index (χ1n) is 5.41. The predicted octanol–water partition coefficient (Wildman–Crippen LogP) is -2.25. The minimum atomic E-state index is -4.37. The van der Waals surface area contributed by atoms with E-state index >= 15 is 0 Å². The maximum Gasteiger partial charge on any atom is 0.286 e. The van der Waals surface area contributed by atoms with E-state index in [0.29, 0.717) is 0 Å². The summed E-state index contributed by atoms with van der Waals surface area (Å²) in [6.45, 7) is 0. The van der Waals surface area contributed by atoms with E-state index in [-0.39, 0.29) is 0 Å². The van der Waals surface area contributed by atoms with E-state index in [1.807, 2.05) is 0 Å². The Bertz CT molecular complexity index is 705. The van der Waals surface area contributed by atoms with Gasteiger partial charge < -0.3 is 0 Å². The van der Waals surface area contributed by atoms with Crippen molar-refractivity contribution in [2.45, 2.75) is 25.4 Å². The van der Waals surface area contributed by atoms with Crippen molar-refractivity contribution in [2.75, 3.05) is 10.2 Å². The van der Waals surface area contributed by atoms with Crippen LogP contribution in [0.25, 0.3) is 0 Å². The Morgan fingerprint density at radius 3 is 1.00 bits per heavy atom. The Balaban J connectivity index is 2.04. The summed E-state index contributed by atoms with van der Waals surface area (Å²) < 4.78 is 107. The smallest absolute Gasteiger partial charge is 0.236 e. The van der Waals surface area contributed by atoms with Crippen molar-refractivity contribution in [3.8, 4) is 0 Å². The monoisotopic (exact) mass is 402 g/mol. The van der Waals surface area contributed by atoms with Crippen molar-refractivity contribution in [2.24, 2.45) is 0 Å². The van der Waals surface area contributed by atoms with Crippen LogP contribution < -0.4 is 0 Å². The van der Waals surface area contributed by atoms with Gasteiger partial charge in [-0.3, -0.25) is 0 Å². The topological polar surface area (TPSA) is 173 Å². The molecule has 130 valence electrons. The summed E-state index contributed by atoms with van der Waals surface area (Å²) >= 11 is 0. The maximum absolute atomic E-state index is 11.2. The largest absolute Gasteiger partial charge is 0.286 e. The molecular formula is C6H10O12S4. The van der Waals surface area contributed by atoms with Crippen LogP contribution in [0.2, 0.25) is 0 Å². The molecule has 2 heterocycles. The van der Waals surface area contributed by atoms with E-state index < -0.39 is 76.1 Å². The Kier molecular flexibility index (Phi) is 4.59. The molecule has 0 unspecified atom stereocenters. The fraction of sp³-hybridized carbons (Fsp3) is 1.00. The predicted molar refractivity (Wildman–Crippen MR) is 66.6 cm³/mol. The summed E-state index contributed by atoms with van der Waals surface area (Å²) in [7, 11) is -17.5. The van der Waals surface area contributed by atoms with Gasteiger partial charge in [-0.15, -0.1) is 0 Å². The normalized spacial score (nSPS) is 30.7. The molecule has 0 bridgehead atoms. The van der Waals surface area contributed by atoms with Gasteiger partial charge in [-0.2, -0.15) is 33.7 Å². The summed E-state index contributed by atoms with van der Waals surface area (Å²) in [4.78, 5) is 0. The lowest BCUT2D eigenvalue weighted by Gasteiger charge is -2.25. The zero-order valence-electron chi connectivity index (χ0n) is 10.5. The molecule has 0 radical (unpaired) electrons. The molecule has 0 saturated carbocycles. The fourth-order valence-corrected chi connectivity index (χ4v) is 7.28. The summed E-state index contributed by atoms with van der Waals surface area (Å²) in [5.41, 5.74) is 0. The molecule has 2 saturated heterocycles. The minimum Gasteiger partial charge on any atom is -0.236 e. The highest BCUT2D eigenvalue weighted by Crippen LogP contribution is 2.24. The number of hydrogen-bond acceptors (Lipinski definition) is 12. The number of rotatable bonds is 3. The quantitative estimate of drug-likeness (QED) is 0.464. The molecule has 0 N–H and O–H groups in total. The lowest BCUT2D eigenvalue weighted by molar-refractivity contribution is -0.0392. The molecule has 2 rings (SSSR count). The van der Waals surface area contributed by atoms with Gasteiger partial charge in [-0.25, -0.2) is 16.7 Å². The first-order chi connectivity index (χ1) is 9.78. The third-order valence-corrected chi connectivity index (χ3v) is 8.88. The average Bonchev–Trinajstić information content (AvgIpc) is 2.17. The standard InChI is InChI=1S/C6H10O12S4/c7-19(8)3-20(9,10)16-5(15-19)1-2-6-17-21(11,12)4-22(13,14)18-6/h5-6H,1-4H2. The third kappa shape index (κ3) is 5.08. The van der Waals surface area contributed by atoms with Crippen LogP contribution in [0.15, 0.2) is 0 Å². The van der Waals surface area contributed by atoms with Crippen molar-refractivity contribution in [3.63, 3.8) is 0 Å². The van der Waals surface area contributed by atoms with Crippen LogP contribution >= 0.6 is 0 Å². The second kappa shape index (κ2) is 5.62. The van der Waals surface area contributed by atoms with Crippen LogP contribution in [-0.4, -0.2) is 56.4 Å². The van der Waals surface area contributed by atoms with Crippen molar-refractivity contribution in [3.05, 3.63) is 0 Å².